The summed E-state index contributed by atoms with van der Waals surface area (Å²) >= 11 is 1.62. The molecule has 3 aromatic carbocycles. The predicted octanol–water partition coefficient (Wildman–Crippen LogP) is 5.55. The number of hydrogen-bond donors (Lipinski definition) is 1. The van der Waals surface area contributed by atoms with E-state index >= 15 is 0 Å². The van der Waals surface area contributed by atoms with Crippen LogP contribution in [0.5, 0.6) is 11.5 Å². The van der Waals surface area contributed by atoms with Gasteiger partial charge in [0.1, 0.15) is 18.2 Å². The van der Waals surface area contributed by atoms with Crippen molar-refractivity contribution >= 4 is 39.1 Å². The molecule has 0 saturated carbocycles. The van der Waals surface area contributed by atoms with Crippen LogP contribution in [0.2, 0.25) is 0 Å². The number of thiazole rings is 1. The lowest BCUT2D eigenvalue weighted by Gasteiger charge is -2.22. The second kappa shape index (κ2) is 11.3. The molecule has 0 spiro atoms. The first kappa shape index (κ1) is 24.7. The van der Waals surface area contributed by atoms with E-state index in [1.165, 1.54) is 25.3 Å². The lowest BCUT2D eigenvalue weighted by atomic mass is 10.2. The number of aromatic nitrogens is 1. The van der Waals surface area contributed by atoms with Gasteiger partial charge in [0.15, 0.2) is 16.6 Å². The molecule has 0 amide bonds. The van der Waals surface area contributed by atoms with Crippen molar-refractivity contribution < 1.29 is 18.3 Å². The fraction of sp³-hybridized carbons (Fsp3) is 0.208. The standard InChI is InChI=1S/C24H23F2N3O2S.ClH/c1-30-22-13-16(9-10-21(22)31-15-17-18(25)5-4-6-19(17)26)14-29(12-11-27)24-28-20-7-2-3-8-23(20)32-24;/h2-10,13H,11-12,14-15,27H2,1H3;1H. The van der Waals surface area contributed by atoms with E-state index in [-0.39, 0.29) is 24.6 Å². The van der Waals surface area contributed by atoms with E-state index in [4.69, 9.17) is 20.2 Å². The maximum atomic E-state index is 13.9. The Bertz CT molecular complexity index is 1170. The molecule has 0 radical (unpaired) electrons. The van der Waals surface area contributed by atoms with Gasteiger partial charge in [-0.1, -0.05) is 35.6 Å². The molecule has 0 aliphatic rings. The van der Waals surface area contributed by atoms with Crippen LogP contribution >= 0.6 is 23.7 Å². The molecule has 0 fully saturated rings. The molecule has 0 saturated heterocycles. The predicted molar refractivity (Wildman–Crippen MR) is 131 cm³/mol. The van der Waals surface area contributed by atoms with E-state index in [2.05, 4.69) is 4.90 Å². The van der Waals surface area contributed by atoms with Crippen LogP contribution in [0.15, 0.2) is 60.7 Å². The van der Waals surface area contributed by atoms with Crippen molar-refractivity contribution in [1.82, 2.24) is 4.98 Å². The van der Waals surface area contributed by atoms with Crippen molar-refractivity contribution in [2.45, 2.75) is 13.2 Å². The zero-order valence-corrected chi connectivity index (χ0v) is 19.6. The number of methoxy groups -OCH3 is 1. The van der Waals surface area contributed by atoms with Crippen LogP contribution in [0, 0.1) is 11.6 Å². The van der Waals surface area contributed by atoms with E-state index in [0.29, 0.717) is 31.1 Å². The van der Waals surface area contributed by atoms with E-state index in [1.54, 1.807) is 17.4 Å². The van der Waals surface area contributed by atoms with Crippen molar-refractivity contribution in [1.29, 1.82) is 0 Å². The Hall–Kier alpha value is -2.94. The Kier molecular flexibility index (Phi) is 8.43. The van der Waals surface area contributed by atoms with E-state index in [9.17, 15) is 8.78 Å². The topological polar surface area (TPSA) is 60.6 Å². The Morgan fingerprint density at radius 2 is 1.76 bits per heavy atom. The smallest absolute Gasteiger partial charge is 0.186 e. The number of para-hydroxylation sites is 1. The molecule has 0 atom stereocenters. The average Bonchev–Trinajstić information content (AvgIpc) is 3.23. The van der Waals surface area contributed by atoms with Gasteiger partial charge in [0.25, 0.3) is 0 Å². The van der Waals surface area contributed by atoms with Crippen LogP contribution in [0.3, 0.4) is 0 Å². The minimum Gasteiger partial charge on any atom is -0.493 e. The Balaban J connectivity index is 0.00000306. The number of ether oxygens (including phenoxy) is 2. The Morgan fingerprint density at radius 3 is 2.45 bits per heavy atom. The van der Waals surface area contributed by atoms with E-state index in [0.717, 1.165) is 20.9 Å². The molecule has 0 bridgehead atoms. The molecule has 1 heterocycles. The monoisotopic (exact) mass is 491 g/mol. The highest BCUT2D eigenvalue weighted by molar-refractivity contribution is 7.22. The second-order valence-electron chi connectivity index (χ2n) is 7.15. The average molecular weight is 492 g/mol. The molecule has 0 unspecified atom stereocenters. The summed E-state index contributed by atoms with van der Waals surface area (Å²) in [7, 11) is 1.53. The Morgan fingerprint density at radius 1 is 1.00 bits per heavy atom. The molecule has 4 rings (SSSR count). The highest BCUT2D eigenvalue weighted by Gasteiger charge is 2.15. The largest absolute Gasteiger partial charge is 0.493 e. The maximum Gasteiger partial charge on any atom is 0.186 e. The molecule has 5 nitrogen and oxygen atoms in total. The van der Waals surface area contributed by atoms with Gasteiger partial charge in [0.2, 0.25) is 0 Å². The van der Waals surface area contributed by atoms with Crippen molar-refractivity contribution in [2.24, 2.45) is 5.73 Å². The first-order valence-electron chi connectivity index (χ1n) is 10.1. The molecule has 174 valence electrons. The fourth-order valence-corrected chi connectivity index (χ4v) is 4.35. The lowest BCUT2D eigenvalue weighted by molar-refractivity contribution is 0.274. The third kappa shape index (κ3) is 5.71. The minimum atomic E-state index is -0.645. The van der Waals surface area contributed by atoms with Crippen molar-refractivity contribution in [2.75, 3.05) is 25.1 Å². The van der Waals surface area contributed by atoms with Crippen LogP contribution in [0.1, 0.15) is 11.1 Å². The van der Waals surface area contributed by atoms with Gasteiger partial charge in [-0.3, -0.25) is 0 Å². The molecule has 2 N–H and O–H groups in total. The third-order valence-corrected chi connectivity index (χ3v) is 6.08. The van der Waals surface area contributed by atoms with Gasteiger partial charge in [-0.15, -0.1) is 12.4 Å². The van der Waals surface area contributed by atoms with Gasteiger partial charge in [-0.2, -0.15) is 0 Å². The molecular weight excluding hydrogens is 468 g/mol. The number of benzene rings is 3. The highest BCUT2D eigenvalue weighted by atomic mass is 35.5. The minimum absolute atomic E-state index is 0. The van der Waals surface area contributed by atoms with Gasteiger partial charge >= 0.3 is 0 Å². The molecule has 33 heavy (non-hydrogen) atoms. The van der Waals surface area contributed by atoms with Crippen LogP contribution in [-0.4, -0.2) is 25.2 Å². The number of nitrogens with zero attached hydrogens (tertiary/aromatic N) is 2. The van der Waals surface area contributed by atoms with Crippen LogP contribution in [0.25, 0.3) is 10.2 Å². The maximum absolute atomic E-state index is 13.9. The first-order valence-corrected chi connectivity index (χ1v) is 10.9. The number of fused-ring (bicyclic) bond motifs is 1. The SMILES string of the molecule is COc1cc(CN(CCN)c2nc3ccccc3s2)ccc1OCc1c(F)cccc1F.Cl. The molecule has 4 aromatic rings. The summed E-state index contributed by atoms with van der Waals surface area (Å²) < 4.78 is 40.0. The summed E-state index contributed by atoms with van der Waals surface area (Å²) in [5.74, 6) is -0.400. The number of hydrogen-bond acceptors (Lipinski definition) is 6. The molecule has 0 aliphatic heterocycles. The van der Waals surface area contributed by atoms with Gasteiger partial charge in [-0.05, 0) is 42.0 Å². The fourth-order valence-electron chi connectivity index (χ4n) is 3.36. The van der Waals surface area contributed by atoms with E-state index in [1.807, 2.05) is 36.4 Å². The third-order valence-electron chi connectivity index (χ3n) is 4.99. The summed E-state index contributed by atoms with van der Waals surface area (Å²) in [4.78, 5) is 6.85. The van der Waals surface area contributed by atoms with Crippen molar-refractivity contribution in [3.63, 3.8) is 0 Å². The van der Waals surface area contributed by atoms with E-state index < -0.39 is 11.6 Å². The first-order chi connectivity index (χ1) is 15.6. The summed E-state index contributed by atoms with van der Waals surface area (Å²) in [5.41, 5.74) is 7.65. The van der Waals surface area contributed by atoms with Gasteiger partial charge in [-0.25, -0.2) is 13.8 Å². The summed E-state index contributed by atoms with van der Waals surface area (Å²) in [6.07, 6.45) is 0. The quantitative estimate of drug-likeness (QED) is 0.332. The number of rotatable bonds is 9. The molecule has 9 heteroatoms. The molecular formula is C24H24ClF2N3O2S. The second-order valence-corrected chi connectivity index (χ2v) is 8.16. The Labute approximate surface area is 201 Å². The highest BCUT2D eigenvalue weighted by Crippen LogP contribution is 2.32. The van der Waals surface area contributed by atoms with Gasteiger partial charge < -0.3 is 20.1 Å². The summed E-state index contributed by atoms with van der Waals surface area (Å²) in [6.45, 7) is 1.48. The van der Waals surface area contributed by atoms with Gasteiger partial charge in [0.05, 0.1) is 22.9 Å². The van der Waals surface area contributed by atoms with Crippen molar-refractivity contribution in [3.05, 3.63) is 83.4 Å². The summed E-state index contributed by atoms with van der Waals surface area (Å²) in [5, 5.41) is 0.894. The lowest BCUT2D eigenvalue weighted by Crippen LogP contribution is -2.28. The van der Waals surface area contributed by atoms with Crippen LogP contribution in [-0.2, 0) is 13.2 Å². The summed E-state index contributed by atoms with van der Waals surface area (Å²) in [6, 6.07) is 17.2. The zero-order valence-electron chi connectivity index (χ0n) is 18.0. The number of nitrogens with two attached hydrogens (primary N) is 1. The zero-order chi connectivity index (χ0) is 22.5. The normalized spacial score (nSPS) is 10.7. The molecule has 0 aliphatic carbocycles. The van der Waals surface area contributed by atoms with Crippen LogP contribution in [0.4, 0.5) is 13.9 Å². The number of halogens is 3. The van der Waals surface area contributed by atoms with Crippen LogP contribution < -0.4 is 20.1 Å². The number of anilines is 1. The van der Waals surface area contributed by atoms with Gasteiger partial charge in [0, 0.05) is 19.6 Å². The molecule has 1 aromatic heterocycles. The van der Waals surface area contributed by atoms with Crippen molar-refractivity contribution in [3.8, 4) is 11.5 Å².